The third kappa shape index (κ3) is 3.09. The lowest BCUT2D eigenvalue weighted by atomic mass is 9.81. The molecule has 1 atom stereocenters. The topological polar surface area (TPSA) is 28.2 Å². The number of nitrogens with zero attached hydrogens (tertiary/aromatic N) is 2. The molecule has 0 aliphatic carbocycles. The first-order valence-electron chi connectivity index (χ1n) is 6.85. The van der Waals surface area contributed by atoms with Crippen LogP contribution in [-0.4, -0.2) is 42.6 Å². The zero-order valence-electron chi connectivity index (χ0n) is 12.4. The summed E-state index contributed by atoms with van der Waals surface area (Å²) in [5.41, 5.74) is 1.34. The molecular formula is C15H27N3. The highest BCUT2D eigenvalue weighted by atomic mass is 15.2. The van der Waals surface area contributed by atoms with Gasteiger partial charge in [0.05, 0.1) is 0 Å². The summed E-state index contributed by atoms with van der Waals surface area (Å²) in [6.45, 7) is 4.54. The Morgan fingerprint density at radius 2 is 1.94 bits per heavy atom. The third-order valence-electron chi connectivity index (χ3n) is 4.25. The van der Waals surface area contributed by atoms with E-state index in [9.17, 15) is 0 Å². The van der Waals surface area contributed by atoms with Crippen molar-refractivity contribution in [3.8, 4) is 0 Å². The number of rotatable bonds is 7. The molecule has 1 aromatic heterocycles. The van der Waals surface area contributed by atoms with Crippen LogP contribution in [-0.2, 0) is 6.42 Å². The van der Waals surface area contributed by atoms with Gasteiger partial charge in [-0.2, -0.15) is 0 Å². The summed E-state index contributed by atoms with van der Waals surface area (Å²) in [4.78, 5) is 6.81. The van der Waals surface area contributed by atoms with Crippen LogP contribution in [0.1, 0.15) is 32.4 Å². The van der Waals surface area contributed by atoms with Crippen LogP contribution in [0, 0.1) is 0 Å². The number of hydrogen-bond acceptors (Lipinski definition) is 3. The summed E-state index contributed by atoms with van der Waals surface area (Å²) in [5.74, 6) is 0. The predicted octanol–water partition coefficient (Wildman–Crippen LogP) is 2.33. The molecule has 3 heteroatoms. The second-order valence-corrected chi connectivity index (χ2v) is 5.07. The van der Waals surface area contributed by atoms with Crippen molar-refractivity contribution in [1.29, 1.82) is 0 Å². The molecule has 1 rings (SSSR count). The number of likely N-dealkylation sites (N-methyl/N-ethyl adjacent to an activating group) is 2. The van der Waals surface area contributed by atoms with Crippen molar-refractivity contribution < 1.29 is 0 Å². The minimum absolute atomic E-state index is 0.187. The molecule has 0 radical (unpaired) electrons. The fourth-order valence-electron chi connectivity index (χ4n) is 2.98. The van der Waals surface area contributed by atoms with Gasteiger partial charge in [-0.1, -0.05) is 19.9 Å². The predicted molar refractivity (Wildman–Crippen MR) is 77.8 cm³/mol. The lowest BCUT2D eigenvalue weighted by molar-refractivity contribution is 0.0913. The maximum absolute atomic E-state index is 4.45. The van der Waals surface area contributed by atoms with Gasteiger partial charge >= 0.3 is 0 Å². The molecule has 0 saturated carbocycles. The summed E-state index contributed by atoms with van der Waals surface area (Å²) in [5, 5.41) is 3.49. The summed E-state index contributed by atoms with van der Waals surface area (Å²) in [7, 11) is 6.41. The number of pyridine rings is 1. The van der Waals surface area contributed by atoms with Gasteiger partial charge in [-0.25, -0.2) is 0 Å². The van der Waals surface area contributed by atoms with Crippen LogP contribution in [0.4, 0.5) is 0 Å². The monoisotopic (exact) mass is 249 g/mol. The number of aromatic nitrogens is 1. The maximum Gasteiger partial charge on any atom is 0.0419 e. The molecule has 0 aromatic carbocycles. The molecule has 0 spiro atoms. The first-order chi connectivity index (χ1) is 8.60. The lowest BCUT2D eigenvalue weighted by Gasteiger charge is -2.45. The molecule has 1 heterocycles. The quantitative estimate of drug-likeness (QED) is 0.804. The molecule has 18 heavy (non-hydrogen) atoms. The van der Waals surface area contributed by atoms with E-state index in [1.807, 2.05) is 12.3 Å². The minimum atomic E-state index is 0.187. The summed E-state index contributed by atoms with van der Waals surface area (Å²) >= 11 is 0. The Bertz CT molecular complexity index is 331. The Labute approximate surface area is 112 Å². The van der Waals surface area contributed by atoms with Crippen LogP contribution < -0.4 is 5.32 Å². The average Bonchev–Trinajstić information content (AvgIpc) is 2.40. The van der Waals surface area contributed by atoms with Crippen molar-refractivity contribution >= 4 is 0 Å². The van der Waals surface area contributed by atoms with Crippen molar-refractivity contribution in [2.75, 3.05) is 21.1 Å². The van der Waals surface area contributed by atoms with Crippen LogP contribution in [0.5, 0.6) is 0 Å². The van der Waals surface area contributed by atoms with Crippen molar-refractivity contribution in [1.82, 2.24) is 15.2 Å². The highest BCUT2D eigenvalue weighted by molar-refractivity contribution is 5.09. The van der Waals surface area contributed by atoms with Gasteiger partial charge in [-0.3, -0.25) is 4.98 Å². The zero-order valence-corrected chi connectivity index (χ0v) is 12.4. The molecule has 0 fully saturated rings. The fraction of sp³-hybridized carbons (Fsp3) is 0.667. The minimum Gasteiger partial charge on any atom is -0.315 e. The molecule has 3 nitrogen and oxygen atoms in total. The van der Waals surface area contributed by atoms with Crippen LogP contribution in [0.25, 0.3) is 0 Å². The van der Waals surface area contributed by atoms with Crippen LogP contribution in [0.2, 0.25) is 0 Å². The van der Waals surface area contributed by atoms with Gasteiger partial charge in [0.1, 0.15) is 0 Å². The Morgan fingerprint density at radius 1 is 1.28 bits per heavy atom. The normalized spacial score (nSPS) is 13.9. The van der Waals surface area contributed by atoms with E-state index in [1.54, 1.807) is 0 Å². The van der Waals surface area contributed by atoms with Crippen LogP contribution >= 0.6 is 0 Å². The Morgan fingerprint density at radius 3 is 2.33 bits per heavy atom. The Kier molecular flexibility index (Phi) is 5.76. The van der Waals surface area contributed by atoms with E-state index in [1.165, 1.54) is 0 Å². The van der Waals surface area contributed by atoms with E-state index >= 15 is 0 Å². The van der Waals surface area contributed by atoms with Gasteiger partial charge in [0.25, 0.3) is 0 Å². The first-order valence-corrected chi connectivity index (χ1v) is 6.85. The van der Waals surface area contributed by atoms with Crippen LogP contribution in [0.15, 0.2) is 24.4 Å². The van der Waals surface area contributed by atoms with Gasteiger partial charge in [-0.15, -0.1) is 0 Å². The first kappa shape index (κ1) is 15.1. The van der Waals surface area contributed by atoms with Crippen molar-refractivity contribution in [3.63, 3.8) is 0 Å². The second kappa shape index (κ2) is 6.86. The van der Waals surface area contributed by atoms with Crippen molar-refractivity contribution in [2.45, 2.75) is 44.7 Å². The van der Waals surface area contributed by atoms with E-state index in [4.69, 9.17) is 0 Å². The van der Waals surface area contributed by atoms with Gasteiger partial charge in [-0.05, 0) is 46.1 Å². The van der Waals surface area contributed by atoms with Crippen molar-refractivity contribution in [2.24, 2.45) is 0 Å². The molecule has 0 amide bonds. The molecule has 0 bridgehead atoms. The third-order valence-corrected chi connectivity index (χ3v) is 4.25. The van der Waals surface area contributed by atoms with E-state index in [0.29, 0.717) is 6.04 Å². The second-order valence-electron chi connectivity index (χ2n) is 5.07. The SMILES string of the molecule is CCC(CC)(C(Cc1ccccn1)NC)N(C)C. The summed E-state index contributed by atoms with van der Waals surface area (Å²) in [6, 6.07) is 6.55. The van der Waals surface area contributed by atoms with E-state index in [-0.39, 0.29) is 5.54 Å². The molecule has 0 aliphatic rings. The molecular weight excluding hydrogens is 222 g/mol. The van der Waals surface area contributed by atoms with E-state index in [0.717, 1.165) is 25.0 Å². The van der Waals surface area contributed by atoms with Crippen molar-refractivity contribution in [3.05, 3.63) is 30.1 Å². The smallest absolute Gasteiger partial charge is 0.0419 e. The standard InChI is InChI=1S/C15H27N3/c1-6-15(7-2,18(4)5)14(16-3)12-13-10-8-9-11-17-13/h8-11,14,16H,6-7,12H2,1-5H3. The zero-order chi connectivity index (χ0) is 13.6. The van der Waals surface area contributed by atoms with Gasteiger partial charge < -0.3 is 10.2 Å². The number of hydrogen-bond donors (Lipinski definition) is 1. The van der Waals surface area contributed by atoms with Gasteiger partial charge in [0.15, 0.2) is 0 Å². The highest BCUT2D eigenvalue weighted by Gasteiger charge is 2.36. The Hall–Kier alpha value is -0.930. The molecule has 102 valence electrons. The molecule has 1 aromatic rings. The average molecular weight is 249 g/mol. The summed E-state index contributed by atoms with van der Waals surface area (Å²) < 4.78 is 0. The highest BCUT2D eigenvalue weighted by Crippen LogP contribution is 2.27. The molecule has 1 N–H and O–H groups in total. The number of nitrogens with one attached hydrogen (secondary N) is 1. The van der Waals surface area contributed by atoms with E-state index < -0.39 is 0 Å². The fourth-order valence-corrected chi connectivity index (χ4v) is 2.98. The molecule has 0 saturated heterocycles. The van der Waals surface area contributed by atoms with Gasteiger partial charge in [0, 0.05) is 29.9 Å². The summed E-state index contributed by atoms with van der Waals surface area (Å²) in [6.07, 6.45) is 5.11. The molecule has 0 aliphatic heterocycles. The lowest BCUT2D eigenvalue weighted by Crippen LogP contribution is -2.58. The van der Waals surface area contributed by atoms with E-state index in [2.05, 4.69) is 62.3 Å². The Balaban J connectivity index is 2.93. The van der Waals surface area contributed by atoms with Crippen LogP contribution in [0.3, 0.4) is 0 Å². The molecule has 1 unspecified atom stereocenters. The maximum atomic E-state index is 4.45. The van der Waals surface area contributed by atoms with Gasteiger partial charge in [0.2, 0.25) is 0 Å². The largest absolute Gasteiger partial charge is 0.315 e.